The van der Waals surface area contributed by atoms with Gasteiger partial charge in [0.1, 0.15) is 0 Å². The Kier molecular flexibility index (Phi) is 5.65. The van der Waals surface area contributed by atoms with Crippen molar-refractivity contribution in [1.82, 2.24) is 35.1 Å². The van der Waals surface area contributed by atoms with Gasteiger partial charge in [0.05, 0.1) is 29.0 Å². The zero-order valence-corrected chi connectivity index (χ0v) is 20.4. The van der Waals surface area contributed by atoms with Crippen molar-refractivity contribution in [3.05, 3.63) is 73.6 Å². The molecule has 0 aliphatic carbocycles. The molecule has 9 nitrogen and oxygen atoms in total. The number of nitrogens with zero attached hydrogens (tertiary/aromatic N) is 5. The van der Waals surface area contributed by atoms with Gasteiger partial charge >= 0.3 is 0 Å². The number of aromatic nitrogens is 7. The van der Waals surface area contributed by atoms with Crippen LogP contribution in [0.25, 0.3) is 55.7 Å². The smallest absolute Gasteiger partial charge is 0.224 e. The van der Waals surface area contributed by atoms with Crippen LogP contribution in [0, 0.1) is 5.92 Å². The lowest BCUT2D eigenvalue weighted by Crippen LogP contribution is -2.13. The van der Waals surface area contributed by atoms with Crippen LogP contribution in [0.15, 0.2) is 73.6 Å². The van der Waals surface area contributed by atoms with Gasteiger partial charge in [-0.25, -0.2) is 4.98 Å². The molecule has 1 amide bonds. The molecular formula is C28H24N8O. The predicted molar refractivity (Wildman–Crippen MR) is 144 cm³/mol. The first-order valence-corrected chi connectivity index (χ1v) is 12.0. The molecule has 0 atom stereocenters. The Labute approximate surface area is 212 Å². The van der Waals surface area contributed by atoms with E-state index in [4.69, 9.17) is 0 Å². The van der Waals surface area contributed by atoms with Crippen LogP contribution in [0.2, 0.25) is 0 Å². The maximum absolute atomic E-state index is 12.2. The minimum absolute atomic E-state index is 0.0286. The number of amides is 1. The van der Waals surface area contributed by atoms with Gasteiger partial charge < -0.3 is 10.3 Å². The molecule has 0 aromatic carbocycles. The number of hydrogen-bond acceptors (Lipinski definition) is 6. The van der Waals surface area contributed by atoms with Gasteiger partial charge in [-0.05, 0) is 42.3 Å². The number of nitrogens with one attached hydrogen (secondary N) is 3. The summed E-state index contributed by atoms with van der Waals surface area (Å²) in [5, 5.41) is 12.4. The quantitative estimate of drug-likeness (QED) is 0.280. The van der Waals surface area contributed by atoms with Gasteiger partial charge in [0, 0.05) is 70.4 Å². The molecule has 0 radical (unpaired) electrons. The van der Waals surface area contributed by atoms with E-state index in [1.807, 2.05) is 44.2 Å². The second kappa shape index (κ2) is 9.27. The summed E-state index contributed by atoms with van der Waals surface area (Å²) in [6.45, 7) is 4.03. The number of aromatic amines is 2. The van der Waals surface area contributed by atoms with E-state index >= 15 is 0 Å². The van der Waals surface area contributed by atoms with Gasteiger partial charge in [-0.3, -0.25) is 24.8 Å². The monoisotopic (exact) mass is 488 g/mol. The topological polar surface area (TPSA) is 125 Å². The fourth-order valence-electron chi connectivity index (χ4n) is 4.44. The van der Waals surface area contributed by atoms with Crippen molar-refractivity contribution in [3.63, 3.8) is 0 Å². The highest BCUT2D eigenvalue weighted by Gasteiger charge is 2.15. The van der Waals surface area contributed by atoms with E-state index in [9.17, 15) is 4.79 Å². The molecule has 0 saturated heterocycles. The summed E-state index contributed by atoms with van der Waals surface area (Å²) < 4.78 is 0. The van der Waals surface area contributed by atoms with E-state index in [2.05, 4.69) is 46.5 Å². The van der Waals surface area contributed by atoms with E-state index in [0.29, 0.717) is 17.8 Å². The standard InChI is InChI=1S/C28H24N8O/c1-16(2)9-25(37)33-20-10-18(13-30-15-20)19-11-22-27(35-36-28(22)32-14-19)24-12-21-23(34-24)5-8-31-26(21)17-3-6-29-7-4-17/h3-8,10-16,34H,9H2,1-2H3,(H,33,37)(H,32,35,36). The molecular weight excluding hydrogens is 464 g/mol. The minimum Gasteiger partial charge on any atom is -0.353 e. The Balaban J connectivity index is 1.38. The zero-order chi connectivity index (χ0) is 25.4. The molecule has 6 heterocycles. The maximum atomic E-state index is 12.2. The van der Waals surface area contributed by atoms with E-state index in [0.717, 1.165) is 50.1 Å². The Bertz CT molecular complexity index is 1740. The minimum atomic E-state index is -0.0286. The van der Waals surface area contributed by atoms with Crippen LogP contribution < -0.4 is 5.32 Å². The lowest BCUT2D eigenvalue weighted by Gasteiger charge is -2.08. The van der Waals surface area contributed by atoms with Gasteiger partial charge in [0.15, 0.2) is 5.65 Å². The molecule has 0 fully saturated rings. The summed E-state index contributed by atoms with van der Waals surface area (Å²) in [5.41, 5.74) is 7.55. The third-order valence-electron chi connectivity index (χ3n) is 6.13. The summed E-state index contributed by atoms with van der Waals surface area (Å²) in [4.78, 5) is 33.3. The number of hydrogen-bond donors (Lipinski definition) is 3. The van der Waals surface area contributed by atoms with E-state index in [1.54, 1.807) is 37.2 Å². The Hall–Kier alpha value is -4.92. The molecule has 0 aliphatic rings. The van der Waals surface area contributed by atoms with Crippen LogP contribution >= 0.6 is 0 Å². The first-order chi connectivity index (χ1) is 18.0. The van der Waals surface area contributed by atoms with Crippen molar-refractivity contribution in [1.29, 1.82) is 0 Å². The summed E-state index contributed by atoms with van der Waals surface area (Å²) in [6, 6.07) is 11.9. The number of H-pyrrole nitrogens is 2. The largest absolute Gasteiger partial charge is 0.353 e. The SMILES string of the molecule is CC(C)CC(=O)Nc1cncc(-c2cnc3n[nH]c(-c4cc5c(-c6ccncc6)nccc5[nH]4)c3c2)c1. The lowest BCUT2D eigenvalue weighted by atomic mass is 10.1. The number of carbonyl (C=O) groups is 1. The third-order valence-corrected chi connectivity index (χ3v) is 6.13. The molecule has 37 heavy (non-hydrogen) atoms. The Morgan fingerprint density at radius 2 is 1.73 bits per heavy atom. The van der Waals surface area contributed by atoms with Gasteiger partial charge in [-0.2, -0.15) is 5.10 Å². The maximum Gasteiger partial charge on any atom is 0.224 e. The number of rotatable bonds is 6. The zero-order valence-electron chi connectivity index (χ0n) is 20.4. The van der Waals surface area contributed by atoms with Crippen molar-refractivity contribution >= 4 is 33.5 Å². The number of carbonyl (C=O) groups excluding carboxylic acids is 1. The molecule has 0 saturated carbocycles. The second-order valence-electron chi connectivity index (χ2n) is 9.34. The molecule has 3 N–H and O–H groups in total. The molecule has 0 aliphatic heterocycles. The first kappa shape index (κ1) is 22.5. The van der Waals surface area contributed by atoms with Crippen LogP contribution in [-0.4, -0.2) is 41.0 Å². The second-order valence-corrected chi connectivity index (χ2v) is 9.34. The fraction of sp³-hybridized carbons (Fsp3) is 0.143. The van der Waals surface area contributed by atoms with Crippen LogP contribution in [-0.2, 0) is 4.79 Å². The third kappa shape index (κ3) is 4.42. The molecule has 6 rings (SSSR count). The van der Waals surface area contributed by atoms with Crippen molar-refractivity contribution in [2.24, 2.45) is 5.92 Å². The van der Waals surface area contributed by atoms with Gasteiger partial charge in [0.2, 0.25) is 5.91 Å². The number of anilines is 1. The van der Waals surface area contributed by atoms with Crippen LogP contribution in [0.5, 0.6) is 0 Å². The highest BCUT2D eigenvalue weighted by molar-refractivity contribution is 6.00. The van der Waals surface area contributed by atoms with Gasteiger partial charge in [0.25, 0.3) is 0 Å². The molecule has 0 unspecified atom stereocenters. The average molecular weight is 489 g/mol. The van der Waals surface area contributed by atoms with Crippen LogP contribution in [0.3, 0.4) is 0 Å². The fourth-order valence-corrected chi connectivity index (χ4v) is 4.44. The summed E-state index contributed by atoms with van der Waals surface area (Å²) in [6.07, 6.45) is 11.0. The summed E-state index contributed by atoms with van der Waals surface area (Å²) in [7, 11) is 0. The normalized spacial score (nSPS) is 11.4. The number of fused-ring (bicyclic) bond motifs is 2. The molecule has 0 spiro atoms. The molecule has 182 valence electrons. The van der Waals surface area contributed by atoms with Crippen molar-refractivity contribution in [2.45, 2.75) is 20.3 Å². The van der Waals surface area contributed by atoms with Crippen molar-refractivity contribution in [2.75, 3.05) is 5.32 Å². The van der Waals surface area contributed by atoms with Crippen molar-refractivity contribution < 1.29 is 4.79 Å². The van der Waals surface area contributed by atoms with Crippen molar-refractivity contribution in [3.8, 4) is 33.8 Å². The highest BCUT2D eigenvalue weighted by atomic mass is 16.1. The Morgan fingerprint density at radius 1 is 0.892 bits per heavy atom. The summed E-state index contributed by atoms with van der Waals surface area (Å²) in [5.74, 6) is 0.252. The number of pyridine rings is 4. The first-order valence-electron chi connectivity index (χ1n) is 12.0. The van der Waals surface area contributed by atoms with Gasteiger partial charge in [-0.1, -0.05) is 13.8 Å². The molecule has 6 aromatic heterocycles. The Morgan fingerprint density at radius 3 is 2.57 bits per heavy atom. The molecule has 6 aromatic rings. The van der Waals surface area contributed by atoms with Crippen LogP contribution in [0.4, 0.5) is 5.69 Å². The lowest BCUT2D eigenvalue weighted by molar-refractivity contribution is -0.116. The summed E-state index contributed by atoms with van der Waals surface area (Å²) >= 11 is 0. The highest BCUT2D eigenvalue weighted by Crippen LogP contribution is 2.33. The van der Waals surface area contributed by atoms with Gasteiger partial charge in [-0.15, -0.1) is 0 Å². The average Bonchev–Trinajstić information content (AvgIpc) is 3.52. The molecule has 9 heteroatoms. The van der Waals surface area contributed by atoms with E-state index < -0.39 is 0 Å². The van der Waals surface area contributed by atoms with Crippen LogP contribution in [0.1, 0.15) is 20.3 Å². The van der Waals surface area contributed by atoms with E-state index in [-0.39, 0.29) is 11.8 Å². The molecule has 0 bridgehead atoms. The predicted octanol–water partition coefficient (Wildman–Crippen LogP) is 5.61. The van der Waals surface area contributed by atoms with E-state index in [1.165, 1.54) is 0 Å².